The van der Waals surface area contributed by atoms with Crippen molar-refractivity contribution < 1.29 is 9.90 Å². The average Bonchev–Trinajstić information content (AvgIpc) is 3.16. The van der Waals surface area contributed by atoms with Gasteiger partial charge >= 0.3 is 0 Å². The van der Waals surface area contributed by atoms with E-state index < -0.39 is 0 Å². The third kappa shape index (κ3) is 3.46. The Morgan fingerprint density at radius 1 is 1.48 bits per heavy atom. The standard InChI is InChI=1S/C18H22N2O2S/c1-12-6-3-4-8-15(12)17-19-16(11-23-17)18(22)20-9-5-7-14(20)10-13(2)21/h3-4,6,8,11,13-14,21H,5,7,9-10H2,1-2H3. The van der Waals surface area contributed by atoms with Crippen LogP contribution in [0.5, 0.6) is 0 Å². The smallest absolute Gasteiger partial charge is 0.273 e. The van der Waals surface area contributed by atoms with Crippen LogP contribution in [0, 0.1) is 6.92 Å². The molecule has 1 fully saturated rings. The van der Waals surface area contributed by atoms with Crippen molar-refractivity contribution in [2.24, 2.45) is 0 Å². The lowest BCUT2D eigenvalue weighted by Crippen LogP contribution is -2.37. The summed E-state index contributed by atoms with van der Waals surface area (Å²) in [4.78, 5) is 19.2. The Morgan fingerprint density at radius 3 is 3.00 bits per heavy atom. The van der Waals surface area contributed by atoms with Gasteiger partial charge in [0.1, 0.15) is 10.7 Å². The van der Waals surface area contributed by atoms with Crippen molar-refractivity contribution in [2.75, 3.05) is 6.54 Å². The number of amides is 1. The van der Waals surface area contributed by atoms with Crippen molar-refractivity contribution >= 4 is 17.2 Å². The maximum Gasteiger partial charge on any atom is 0.273 e. The molecule has 2 atom stereocenters. The van der Waals surface area contributed by atoms with Crippen LogP contribution >= 0.6 is 11.3 Å². The van der Waals surface area contributed by atoms with Crippen LogP contribution in [-0.2, 0) is 0 Å². The molecule has 0 radical (unpaired) electrons. The first-order valence-electron chi connectivity index (χ1n) is 8.07. The number of aromatic nitrogens is 1. The number of nitrogens with zero attached hydrogens (tertiary/aromatic N) is 2. The van der Waals surface area contributed by atoms with Gasteiger partial charge in [-0.25, -0.2) is 4.98 Å². The van der Waals surface area contributed by atoms with Crippen molar-refractivity contribution in [3.63, 3.8) is 0 Å². The highest BCUT2D eigenvalue weighted by molar-refractivity contribution is 7.13. The number of aliphatic hydroxyl groups excluding tert-OH is 1. The molecule has 122 valence electrons. The molecule has 0 aliphatic carbocycles. The summed E-state index contributed by atoms with van der Waals surface area (Å²) in [7, 11) is 0. The minimum absolute atomic E-state index is 0.00997. The topological polar surface area (TPSA) is 53.4 Å². The maximum absolute atomic E-state index is 12.8. The summed E-state index contributed by atoms with van der Waals surface area (Å²) in [6.07, 6.45) is 2.22. The zero-order valence-electron chi connectivity index (χ0n) is 13.5. The minimum Gasteiger partial charge on any atom is -0.393 e. The van der Waals surface area contributed by atoms with Crippen molar-refractivity contribution in [3.8, 4) is 10.6 Å². The summed E-state index contributed by atoms with van der Waals surface area (Å²) in [6, 6.07) is 8.21. The summed E-state index contributed by atoms with van der Waals surface area (Å²) in [5.74, 6) is -0.00997. The average molecular weight is 330 g/mol. The van der Waals surface area contributed by atoms with Gasteiger partial charge in [0.25, 0.3) is 5.91 Å². The molecule has 23 heavy (non-hydrogen) atoms. The van der Waals surface area contributed by atoms with Crippen molar-refractivity contribution in [1.82, 2.24) is 9.88 Å². The van der Waals surface area contributed by atoms with Crippen LogP contribution in [-0.4, -0.2) is 39.6 Å². The lowest BCUT2D eigenvalue weighted by Gasteiger charge is -2.24. The summed E-state index contributed by atoms with van der Waals surface area (Å²) in [6.45, 7) is 4.59. The van der Waals surface area contributed by atoms with Crippen LogP contribution in [0.3, 0.4) is 0 Å². The lowest BCUT2D eigenvalue weighted by atomic mass is 10.1. The van der Waals surface area contributed by atoms with Crippen LogP contribution in [0.15, 0.2) is 29.6 Å². The second-order valence-corrected chi connectivity index (χ2v) is 7.09. The molecule has 1 aromatic heterocycles. The van der Waals surface area contributed by atoms with Gasteiger partial charge in [-0.05, 0) is 38.7 Å². The Hall–Kier alpha value is -1.72. The quantitative estimate of drug-likeness (QED) is 0.933. The van der Waals surface area contributed by atoms with Crippen molar-refractivity contribution in [3.05, 3.63) is 40.9 Å². The number of carbonyl (C=O) groups excluding carboxylic acids is 1. The molecule has 1 aliphatic rings. The highest BCUT2D eigenvalue weighted by Crippen LogP contribution is 2.29. The second kappa shape index (κ2) is 6.81. The summed E-state index contributed by atoms with van der Waals surface area (Å²) in [5.41, 5.74) is 2.76. The SMILES string of the molecule is Cc1ccccc1-c1nc(C(=O)N2CCCC2CC(C)O)cs1. The second-order valence-electron chi connectivity index (χ2n) is 6.23. The van der Waals surface area contributed by atoms with Gasteiger partial charge in [-0.2, -0.15) is 0 Å². The highest BCUT2D eigenvalue weighted by Gasteiger charge is 2.31. The zero-order valence-corrected chi connectivity index (χ0v) is 14.3. The van der Waals surface area contributed by atoms with E-state index in [0.29, 0.717) is 12.1 Å². The largest absolute Gasteiger partial charge is 0.393 e. The fourth-order valence-corrected chi connectivity index (χ4v) is 4.08. The van der Waals surface area contributed by atoms with E-state index in [1.54, 1.807) is 6.92 Å². The molecular formula is C18H22N2O2S. The van der Waals surface area contributed by atoms with Crippen LogP contribution < -0.4 is 0 Å². The van der Waals surface area contributed by atoms with E-state index >= 15 is 0 Å². The Bertz CT molecular complexity index is 696. The first-order chi connectivity index (χ1) is 11.1. The molecule has 1 N–H and O–H groups in total. The molecule has 0 spiro atoms. The molecule has 2 unspecified atom stereocenters. The number of likely N-dealkylation sites (tertiary alicyclic amines) is 1. The van der Waals surface area contributed by atoms with E-state index in [-0.39, 0.29) is 18.1 Å². The van der Waals surface area contributed by atoms with E-state index in [1.165, 1.54) is 11.3 Å². The van der Waals surface area contributed by atoms with Crippen LogP contribution in [0.25, 0.3) is 10.6 Å². The fourth-order valence-electron chi connectivity index (χ4n) is 3.20. The third-order valence-electron chi connectivity index (χ3n) is 4.35. The molecule has 1 aromatic carbocycles. The van der Waals surface area contributed by atoms with Gasteiger partial charge in [0.15, 0.2) is 0 Å². The summed E-state index contributed by atoms with van der Waals surface area (Å²) in [5, 5.41) is 12.4. The maximum atomic E-state index is 12.8. The molecule has 0 saturated carbocycles. The molecule has 0 bridgehead atoms. The lowest BCUT2D eigenvalue weighted by molar-refractivity contribution is 0.0677. The number of aryl methyl sites for hydroxylation is 1. The van der Waals surface area contributed by atoms with E-state index in [9.17, 15) is 9.90 Å². The van der Waals surface area contributed by atoms with Crippen LogP contribution in [0.1, 0.15) is 42.2 Å². The van der Waals surface area contributed by atoms with Gasteiger partial charge in [-0.3, -0.25) is 4.79 Å². The molecule has 4 nitrogen and oxygen atoms in total. The van der Waals surface area contributed by atoms with Gasteiger partial charge < -0.3 is 10.0 Å². The van der Waals surface area contributed by atoms with Crippen LogP contribution in [0.2, 0.25) is 0 Å². The van der Waals surface area contributed by atoms with Crippen molar-refractivity contribution in [2.45, 2.75) is 45.3 Å². The molecule has 3 rings (SSSR count). The Balaban J connectivity index is 1.80. The third-order valence-corrected chi connectivity index (χ3v) is 5.23. The summed E-state index contributed by atoms with van der Waals surface area (Å²) >= 11 is 1.51. The zero-order chi connectivity index (χ0) is 16.4. The minimum atomic E-state index is -0.383. The number of rotatable bonds is 4. The summed E-state index contributed by atoms with van der Waals surface area (Å²) < 4.78 is 0. The first-order valence-corrected chi connectivity index (χ1v) is 8.95. The van der Waals surface area contributed by atoms with E-state index in [4.69, 9.17) is 0 Å². The van der Waals surface area contributed by atoms with Gasteiger partial charge in [-0.1, -0.05) is 24.3 Å². The van der Waals surface area contributed by atoms with Crippen LogP contribution in [0.4, 0.5) is 0 Å². The fraction of sp³-hybridized carbons (Fsp3) is 0.444. The first kappa shape index (κ1) is 16.1. The van der Waals surface area contributed by atoms with Gasteiger partial charge in [0.2, 0.25) is 0 Å². The number of benzene rings is 1. The van der Waals surface area contributed by atoms with E-state index in [1.807, 2.05) is 28.5 Å². The van der Waals surface area contributed by atoms with Gasteiger partial charge in [-0.15, -0.1) is 11.3 Å². The number of thiazole rings is 1. The molecule has 5 heteroatoms. The van der Waals surface area contributed by atoms with E-state index in [2.05, 4.69) is 18.0 Å². The van der Waals surface area contributed by atoms with Gasteiger partial charge in [0, 0.05) is 23.5 Å². The molecular weight excluding hydrogens is 308 g/mol. The molecule has 1 saturated heterocycles. The normalized spacial score (nSPS) is 19.1. The molecule has 1 amide bonds. The Labute approximate surface area is 140 Å². The number of hydrogen-bond donors (Lipinski definition) is 1. The predicted octanol–water partition coefficient (Wildman–Crippen LogP) is 3.49. The Morgan fingerprint density at radius 2 is 2.26 bits per heavy atom. The highest BCUT2D eigenvalue weighted by atomic mass is 32.1. The molecule has 2 heterocycles. The van der Waals surface area contributed by atoms with Gasteiger partial charge in [0.05, 0.1) is 6.10 Å². The molecule has 2 aromatic rings. The number of carbonyl (C=O) groups is 1. The number of hydrogen-bond acceptors (Lipinski definition) is 4. The number of aliphatic hydroxyl groups is 1. The monoisotopic (exact) mass is 330 g/mol. The Kier molecular flexibility index (Phi) is 4.78. The molecule has 1 aliphatic heterocycles. The van der Waals surface area contributed by atoms with E-state index in [0.717, 1.165) is 35.5 Å². The predicted molar refractivity (Wildman–Crippen MR) is 92.6 cm³/mol. The van der Waals surface area contributed by atoms with Crippen molar-refractivity contribution in [1.29, 1.82) is 0 Å².